The van der Waals surface area contributed by atoms with Gasteiger partial charge in [0.2, 0.25) is 5.91 Å². The summed E-state index contributed by atoms with van der Waals surface area (Å²) in [5.74, 6) is -1.13. The van der Waals surface area contributed by atoms with E-state index in [1.807, 2.05) is 0 Å². The number of hydrogen-bond donors (Lipinski definition) is 1. The first-order valence-electron chi connectivity index (χ1n) is 5.78. The van der Waals surface area contributed by atoms with Crippen molar-refractivity contribution in [1.82, 2.24) is 0 Å². The molecule has 1 aliphatic heterocycles. The summed E-state index contributed by atoms with van der Waals surface area (Å²) >= 11 is 0. The van der Waals surface area contributed by atoms with Gasteiger partial charge >= 0.3 is 5.97 Å². The summed E-state index contributed by atoms with van der Waals surface area (Å²) in [6.07, 6.45) is 0.537. The third-order valence-corrected chi connectivity index (χ3v) is 3.02. The molecule has 0 radical (unpaired) electrons. The zero-order chi connectivity index (χ0) is 14.0. The monoisotopic (exact) mass is 264 g/mol. The zero-order valence-electron chi connectivity index (χ0n) is 10.0. The number of aryl methyl sites for hydroxylation is 1. The highest BCUT2D eigenvalue weighted by Gasteiger charge is 2.25. The van der Waals surface area contributed by atoms with Crippen molar-refractivity contribution in [1.29, 1.82) is 0 Å². The summed E-state index contributed by atoms with van der Waals surface area (Å²) in [5, 5.41) is 19.4. The number of amides is 1. The van der Waals surface area contributed by atoms with Crippen LogP contribution in [0.3, 0.4) is 0 Å². The van der Waals surface area contributed by atoms with E-state index in [0.717, 1.165) is 0 Å². The number of nitro benzene ring substituents is 1. The lowest BCUT2D eigenvalue weighted by Crippen LogP contribution is -2.36. The third kappa shape index (κ3) is 2.70. The summed E-state index contributed by atoms with van der Waals surface area (Å²) < 4.78 is 0. The number of benzene rings is 1. The van der Waals surface area contributed by atoms with Gasteiger partial charge in [-0.3, -0.25) is 19.7 Å². The zero-order valence-corrected chi connectivity index (χ0v) is 10.0. The number of nitrogens with zero attached hydrogens (tertiary/aromatic N) is 2. The molecular weight excluding hydrogens is 252 g/mol. The van der Waals surface area contributed by atoms with Gasteiger partial charge in [-0.2, -0.15) is 0 Å². The van der Waals surface area contributed by atoms with Gasteiger partial charge in [0.25, 0.3) is 5.69 Å². The summed E-state index contributed by atoms with van der Waals surface area (Å²) in [5.41, 5.74) is 1.26. The molecule has 1 N–H and O–H groups in total. The van der Waals surface area contributed by atoms with Crippen molar-refractivity contribution in [3.63, 3.8) is 0 Å². The van der Waals surface area contributed by atoms with Crippen LogP contribution in [0.4, 0.5) is 11.4 Å². The number of rotatable bonds is 4. The lowest BCUT2D eigenvalue weighted by atomic mass is 10.0. The van der Waals surface area contributed by atoms with E-state index in [9.17, 15) is 19.7 Å². The predicted molar refractivity (Wildman–Crippen MR) is 66.0 cm³/mol. The van der Waals surface area contributed by atoms with Crippen molar-refractivity contribution in [2.45, 2.75) is 19.3 Å². The Balaban J connectivity index is 2.31. The molecular formula is C12H12N2O5. The minimum Gasteiger partial charge on any atom is -0.481 e. The van der Waals surface area contributed by atoms with Crippen molar-refractivity contribution in [3.8, 4) is 0 Å². The molecule has 0 aromatic heterocycles. The van der Waals surface area contributed by atoms with Crippen LogP contribution in [0, 0.1) is 10.1 Å². The van der Waals surface area contributed by atoms with E-state index in [0.29, 0.717) is 17.7 Å². The second-order valence-corrected chi connectivity index (χ2v) is 4.26. The molecule has 0 saturated carbocycles. The Hall–Kier alpha value is -2.44. The predicted octanol–water partition coefficient (Wildman–Crippen LogP) is 1.35. The molecule has 2 rings (SSSR count). The van der Waals surface area contributed by atoms with E-state index >= 15 is 0 Å². The van der Waals surface area contributed by atoms with Crippen LogP contribution >= 0.6 is 0 Å². The van der Waals surface area contributed by atoms with Gasteiger partial charge in [-0.15, -0.1) is 0 Å². The number of carboxylic acids is 1. The van der Waals surface area contributed by atoms with Crippen LogP contribution in [-0.4, -0.2) is 28.5 Å². The molecule has 0 saturated heterocycles. The number of aliphatic carboxylic acids is 1. The SMILES string of the molecule is O=C(O)CCN1C(=O)CCc2cc([N+](=O)[O-])ccc21. The van der Waals surface area contributed by atoms with Gasteiger partial charge in [0.15, 0.2) is 0 Å². The van der Waals surface area contributed by atoms with E-state index in [1.165, 1.54) is 23.1 Å². The van der Waals surface area contributed by atoms with Crippen LogP contribution in [0.25, 0.3) is 0 Å². The number of nitro groups is 1. The smallest absolute Gasteiger partial charge is 0.305 e. The molecule has 1 aromatic rings. The Morgan fingerprint density at radius 1 is 1.42 bits per heavy atom. The highest BCUT2D eigenvalue weighted by atomic mass is 16.6. The van der Waals surface area contributed by atoms with Gasteiger partial charge in [-0.05, 0) is 18.1 Å². The van der Waals surface area contributed by atoms with Gasteiger partial charge in [0.1, 0.15) is 0 Å². The van der Waals surface area contributed by atoms with Crippen molar-refractivity contribution >= 4 is 23.3 Å². The van der Waals surface area contributed by atoms with Crippen molar-refractivity contribution in [3.05, 3.63) is 33.9 Å². The lowest BCUT2D eigenvalue weighted by molar-refractivity contribution is -0.384. The maximum atomic E-state index is 11.8. The molecule has 7 heteroatoms. The van der Waals surface area contributed by atoms with Crippen LogP contribution in [0.2, 0.25) is 0 Å². The molecule has 19 heavy (non-hydrogen) atoms. The third-order valence-electron chi connectivity index (χ3n) is 3.02. The van der Waals surface area contributed by atoms with Crippen LogP contribution < -0.4 is 4.90 Å². The van der Waals surface area contributed by atoms with E-state index in [-0.39, 0.29) is 31.0 Å². The van der Waals surface area contributed by atoms with Crippen LogP contribution in [0.1, 0.15) is 18.4 Å². The maximum Gasteiger partial charge on any atom is 0.305 e. The number of non-ortho nitro benzene ring substituents is 1. The number of anilines is 1. The van der Waals surface area contributed by atoms with Gasteiger partial charge in [0, 0.05) is 30.8 Å². The summed E-state index contributed by atoms with van der Waals surface area (Å²) in [7, 11) is 0. The average molecular weight is 264 g/mol. The van der Waals surface area contributed by atoms with E-state index in [2.05, 4.69) is 0 Å². The molecule has 0 bridgehead atoms. The first-order valence-corrected chi connectivity index (χ1v) is 5.78. The molecule has 1 aromatic carbocycles. The maximum absolute atomic E-state index is 11.8. The minimum atomic E-state index is -0.984. The molecule has 0 aliphatic carbocycles. The molecule has 0 atom stereocenters. The molecule has 1 heterocycles. The van der Waals surface area contributed by atoms with Crippen LogP contribution in [0.5, 0.6) is 0 Å². The molecule has 0 fully saturated rings. The largest absolute Gasteiger partial charge is 0.481 e. The topological polar surface area (TPSA) is 101 Å². The summed E-state index contributed by atoms with van der Waals surface area (Å²) in [6.45, 7) is 0.0823. The number of carbonyl (C=O) groups excluding carboxylic acids is 1. The first-order chi connectivity index (χ1) is 8.99. The van der Waals surface area contributed by atoms with Crippen molar-refractivity contribution < 1.29 is 19.6 Å². The summed E-state index contributed by atoms with van der Waals surface area (Å²) in [4.78, 5) is 34.0. The van der Waals surface area contributed by atoms with Crippen molar-refractivity contribution in [2.24, 2.45) is 0 Å². The Kier molecular flexibility index (Phi) is 3.46. The normalized spacial score (nSPS) is 14.1. The van der Waals surface area contributed by atoms with E-state index in [4.69, 9.17) is 5.11 Å². The van der Waals surface area contributed by atoms with E-state index in [1.54, 1.807) is 0 Å². The minimum absolute atomic E-state index is 0.0220. The molecule has 1 amide bonds. The highest BCUT2D eigenvalue weighted by Crippen LogP contribution is 2.31. The molecule has 0 unspecified atom stereocenters. The second kappa shape index (κ2) is 5.05. The number of carbonyl (C=O) groups is 2. The fourth-order valence-electron chi connectivity index (χ4n) is 2.11. The van der Waals surface area contributed by atoms with Crippen LogP contribution in [0.15, 0.2) is 18.2 Å². The van der Waals surface area contributed by atoms with Crippen molar-refractivity contribution in [2.75, 3.05) is 11.4 Å². The van der Waals surface area contributed by atoms with Gasteiger partial charge < -0.3 is 10.0 Å². The summed E-state index contributed by atoms with van der Waals surface area (Å²) in [6, 6.07) is 4.27. The molecule has 0 spiro atoms. The molecule has 1 aliphatic rings. The standard InChI is InChI=1S/C12H12N2O5/c15-11-4-1-8-7-9(14(18)19)2-3-10(8)13(11)6-5-12(16)17/h2-3,7H,1,4-6H2,(H,16,17). The first kappa shape index (κ1) is 13.0. The molecule has 100 valence electrons. The van der Waals surface area contributed by atoms with Crippen LogP contribution in [-0.2, 0) is 16.0 Å². The Morgan fingerprint density at radius 3 is 2.79 bits per heavy atom. The quantitative estimate of drug-likeness (QED) is 0.653. The molecule has 7 nitrogen and oxygen atoms in total. The van der Waals surface area contributed by atoms with E-state index < -0.39 is 10.9 Å². The fourth-order valence-corrected chi connectivity index (χ4v) is 2.11. The Morgan fingerprint density at radius 2 is 2.16 bits per heavy atom. The van der Waals surface area contributed by atoms with Gasteiger partial charge in [-0.25, -0.2) is 0 Å². The highest BCUT2D eigenvalue weighted by molar-refractivity contribution is 5.97. The lowest BCUT2D eigenvalue weighted by Gasteiger charge is -2.28. The van der Waals surface area contributed by atoms with Gasteiger partial charge in [0.05, 0.1) is 11.3 Å². The number of carboxylic acid groups (broad SMARTS) is 1. The second-order valence-electron chi connectivity index (χ2n) is 4.26. The fraction of sp³-hybridized carbons (Fsp3) is 0.333. The van der Waals surface area contributed by atoms with Gasteiger partial charge in [-0.1, -0.05) is 0 Å². The Bertz CT molecular complexity index is 555. The average Bonchev–Trinajstić information content (AvgIpc) is 2.36. The number of hydrogen-bond acceptors (Lipinski definition) is 4. The number of fused-ring (bicyclic) bond motifs is 1. The Labute approximate surface area is 108 Å².